The summed E-state index contributed by atoms with van der Waals surface area (Å²) in [6.45, 7) is 8.66. The highest BCUT2D eigenvalue weighted by molar-refractivity contribution is 7.99. The average molecular weight is 514 g/mol. The summed E-state index contributed by atoms with van der Waals surface area (Å²) in [6.07, 6.45) is 6.75. The Kier molecular flexibility index (Phi) is 7.22. The Morgan fingerprint density at radius 3 is 2.33 bits per heavy atom. The molecule has 4 fully saturated rings. The molecule has 36 heavy (non-hydrogen) atoms. The minimum atomic E-state index is -0.744. The van der Waals surface area contributed by atoms with Crippen molar-refractivity contribution in [1.29, 1.82) is 0 Å². The molecule has 7 nitrogen and oxygen atoms in total. The number of ketones is 1. The van der Waals surface area contributed by atoms with Gasteiger partial charge in [-0.3, -0.25) is 14.4 Å². The standard InChI is InChI=1S/C28H39N3O4S/c1-28(2,3)25(27(34)31-15-22(36-4)24-23(31)21(32)16-35-24)29-26(33)19-7-5-17(6-8-19)18-11-13-30(14-12-18)20-9-10-20/h5-8,18,20,22-25H,9-16H2,1-4H3,(H,29,33)/t22-,23+,24+,25+/m0/s1. The molecule has 0 aromatic heterocycles. The van der Waals surface area contributed by atoms with Crippen LogP contribution < -0.4 is 5.32 Å². The highest BCUT2D eigenvalue weighted by Crippen LogP contribution is 2.36. The van der Waals surface area contributed by atoms with Crippen molar-refractivity contribution in [2.75, 3.05) is 32.5 Å². The van der Waals surface area contributed by atoms with E-state index in [9.17, 15) is 14.4 Å². The molecular formula is C28H39N3O4S. The number of rotatable bonds is 6. The van der Waals surface area contributed by atoms with Crippen molar-refractivity contribution in [1.82, 2.24) is 15.1 Å². The van der Waals surface area contributed by atoms with Crippen LogP contribution in [0.1, 0.15) is 68.3 Å². The van der Waals surface area contributed by atoms with E-state index in [1.165, 1.54) is 31.2 Å². The van der Waals surface area contributed by atoms with E-state index in [0.717, 1.165) is 19.1 Å². The van der Waals surface area contributed by atoms with Crippen molar-refractivity contribution in [3.8, 4) is 0 Å². The number of benzene rings is 1. The van der Waals surface area contributed by atoms with Crippen LogP contribution in [0.2, 0.25) is 0 Å². The Labute approximate surface area is 218 Å². The van der Waals surface area contributed by atoms with E-state index in [2.05, 4.69) is 22.3 Å². The number of thioether (sulfide) groups is 1. The lowest BCUT2D eigenvalue weighted by atomic mass is 9.85. The van der Waals surface area contributed by atoms with E-state index in [1.807, 2.05) is 39.2 Å². The van der Waals surface area contributed by atoms with Crippen molar-refractivity contribution in [2.45, 2.75) is 81.9 Å². The van der Waals surface area contributed by atoms with Crippen LogP contribution in [-0.4, -0.2) is 89.4 Å². The molecular weight excluding hydrogens is 474 g/mol. The van der Waals surface area contributed by atoms with Crippen molar-refractivity contribution < 1.29 is 19.1 Å². The van der Waals surface area contributed by atoms with Crippen LogP contribution in [0.25, 0.3) is 0 Å². The van der Waals surface area contributed by atoms with Gasteiger partial charge in [0.05, 0.1) is 11.4 Å². The summed E-state index contributed by atoms with van der Waals surface area (Å²) in [5.41, 5.74) is 1.33. The summed E-state index contributed by atoms with van der Waals surface area (Å²) in [5.74, 6) is 0.0203. The fourth-order valence-corrected chi connectivity index (χ4v) is 6.83. The van der Waals surface area contributed by atoms with Crippen LogP contribution in [0.15, 0.2) is 24.3 Å². The second-order valence-corrected chi connectivity index (χ2v) is 13.0. The fourth-order valence-electron chi connectivity index (χ4n) is 6.02. The van der Waals surface area contributed by atoms with Crippen LogP contribution >= 0.6 is 11.8 Å². The number of carbonyl (C=O) groups excluding carboxylic acids is 3. The first-order valence-corrected chi connectivity index (χ1v) is 14.6. The largest absolute Gasteiger partial charge is 0.367 e. The molecule has 196 valence electrons. The van der Waals surface area contributed by atoms with Crippen LogP contribution in [-0.2, 0) is 14.3 Å². The number of likely N-dealkylation sites (tertiary alicyclic amines) is 2. The van der Waals surface area contributed by atoms with E-state index >= 15 is 0 Å². The highest BCUT2D eigenvalue weighted by Gasteiger charge is 2.53. The van der Waals surface area contributed by atoms with Crippen LogP contribution in [0, 0.1) is 5.41 Å². The highest BCUT2D eigenvalue weighted by atomic mass is 32.2. The number of ether oxygens (including phenoxy) is 1. The molecule has 0 radical (unpaired) electrons. The Balaban J connectivity index is 1.25. The molecule has 1 saturated carbocycles. The maximum atomic E-state index is 13.7. The quantitative estimate of drug-likeness (QED) is 0.630. The van der Waals surface area contributed by atoms with Crippen LogP contribution in [0.4, 0.5) is 0 Å². The minimum absolute atomic E-state index is 0.0503. The lowest BCUT2D eigenvalue weighted by Crippen LogP contribution is -2.57. The molecule has 2 amide bonds. The Hall–Kier alpha value is -1.90. The molecule has 3 aliphatic heterocycles. The first kappa shape index (κ1) is 25.7. The van der Waals surface area contributed by atoms with Gasteiger partial charge in [-0.1, -0.05) is 32.9 Å². The van der Waals surface area contributed by atoms with Gasteiger partial charge < -0.3 is 19.9 Å². The van der Waals surface area contributed by atoms with Gasteiger partial charge >= 0.3 is 0 Å². The van der Waals surface area contributed by atoms with Gasteiger partial charge in [-0.05, 0) is 74.1 Å². The predicted octanol–water partition coefficient (Wildman–Crippen LogP) is 3.08. The molecule has 0 spiro atoms. The van der Waals surface area contributed by atoms with Crippen molar-refractivity contribution >= 4 is 29.4 Å². The Bertz CT molecular complexity index is 995. The third-order valence-corrected chi connectivity index (χ3v) is 9.37. The van der Waals surface area contributed by atoms with Gasteiger partial charge in [0, 0.05) is 18.2 Å². The van der Waals surface area contributed by atoms with E-state index in [1.54, 1.807) is 16.7 Å². The van der Waals surface area contributed by atoms with Crippen LogP contribution in [0.5, 0.6) is 0 Å². The van der Waals surface area contributed by atoms with Gasteiger partial charge in [-0.2, -0.15) is 11.8 Å². The second kappa shape index (κ2) is 10.1. The summed E-state index contributed by atoms with van der Waals surface area (Å²) in [7, 11) is 0. The first-order chi connectivity index (χ1) is 17.2. The molecule has 5 rings (SSSR count). The number of nitrogens with zero attached hydrogens (tertiary/aromatic N) is 2. The fraction of sp³-hybridized carbons (Fsp3) is 0.679. The molecule has 3 saturated heterocycles. The van der Waals surface area contributed by atoms with E-state index < -0.39 is 17.5 Å². The predicted molar refractivity (Wildman–Crippen MR) is 141 cm³/mol. The van der Waals surface area contributed by atoms with Gasteiger partial charge in [0.2, 0.25) is 5.91 Å². The molecule has 1 aromatic rings. The third kappa shape index (κ3) is 5.09. The molecule has 1 aromatic carbocycles. The molecule has 1 N–H and O–H groups in total. The Morgan fingerprint density at radius 2 is 1.75 bits per heavy atom. The zero-order valence-electron chi connectivity index (χ0n) is 21.9. The number of hydrogen-bond donors (Lipinski definition) is 1. The second-order valence-electron chi connectivity index (χ2n) is 11.9. The summed E-state index contributed by atoms with van der Waals surface area (Å²) < 4.78 is 5.72. The third-order valence-electron chi connectivity index (χ3n) is 8.35. The molecule has 0 unspecified atom stereocenters. The molecule has 1 aliphatic carbocycles. The van der Waals surface area contributed by atoms with Crippen molar-refractivity contribution in [3.05, 3.63) is 35.4 Å². The van der Waals surface area contributed by atoms with Crippen molar-refractivity contribution in [2.24, 2.45) is 5.41 Å². The van der Waals surface area contributed by atoms with Crippen molar-refractivity contribution in [3.63, 3.8) is 0 Å². The zero-order chi connectivity index (χ0) is 25.6. The first-order valence-electron chi connectivity index (χ1n) is 13.3. The smallest absolute Gasteiger partial charge is 0.251 e. The van der Waals surface area contributed by atoms with E-state index in [0.29, 0.717) is 18.0 Å². The van der Waals surface area contributed by atoms with Gasteiger partial charge in [0.25, 0.3) is 5.91 Å². The summed E-state index contributed by atoms with van der Waals surface area (Å²) >= 11 is 1.62. The van der Waals surface area contributed by atoms with Gasteiger partial charge in [0.1, 0.15) is 18.7 Å². The van der Waals surface area contributed by atoms with E-state index in [4.69, 9.17) is 4.74 Å². The topological polar surface area (TPSA) is 79.0 Å². The van der Waals surface area contributed by atoms with E-state index in [-0.39, 0.29) is 35.6 Å². The maximum Gasteiger partial charge on any atom is 0.251 e. The maximum absolute atomic E-state index is 13.7. The van der Waals surface area contributed by atoms with Gasteiger partial charge in [0.15, 0.2) is 5.78 Å². The summed E-state index contributed by atoms with van der Waals surface area (Å²) in [4.78, 5) is 43.8. The minimum Gasteiger partial charge on any atom is -0.367 e. The number of fused-ring (bicyclic) bond motifs is 1. The molecule has 3 heterocycles. The number of amides is 2. The number of Topliss-reactive ketones (excluding diaryl/α,β-unsaturated/α-hetero) is 1. The lowest BCUT2D eigenvalue weighted by Gasteiger charge is -2.35. The Morgan fingerprint density at radius 1 is 1.08 bits per heavy atom. The molecule has 4 atom stereocenters. The summed E-state index contributed by atoms with van der Waals surface area (Å²) in [6, 6.07) is 7.44. The van der Waals surface area contributed by atoms with Gasteiger partial charge in [-0.25, -0.2) is 0 Å². The van der Waals surface area contributed by atoms with Crippen LogP contribution in [0.3, 0.4) is 0 Å². The molecule has 4 aliphatic rings. The van der Waals surface area contributed by atoms with Gasteiger partial charge in [-0.15, -0.1) is 0 Å². The SMILES string of the molecule is CS[C@H]1CN(C(=O)[C@@H](NC(=O)c2ccc(C3CCN(C4CC4)CC3)cc2)C(C)(C)C)[C@@H]2C(=O)CO[C@H]12. The number of nitrogens with one attached hydrogen (secondary N) is 1. The zero-order valence-corrected chi connectivity index (χ0v) is 22.7. The normalized spacial score (nSPS) is 28.3. The molecule has 8 heteroatoms. The summed E-state index contributed by atoms with van der Waals surface area (Å²) in [5, 5.41) is 3.07. The number of hydrogen-bond acceptors (Lipinski definition) is 6. The number of carbonyl (C=O) groups is 3. The monoisotopic (exact) mass is 513 g/mol. The number of piperidine rings is 1. The lowest BCUT2D eigenvalue weighted by molar-refractivity contribution is -0.140. The molecule has 0 bridgehead atoms. The average Bonchev–Trinajstić information content (AvgIpc) is 3.55.